The molecule has 1 aliphatic heterocycles. The van der Waals surface area contributed by atoms with E-state index in [4.69, 9.17) is 19.9 Å². The Morgan fingerprint density at radius 2 is 1.40 bits per heavy atom. The van der Waals surface area contributed by atoms with E-state index in [0.29, 0.717) is 48.2 Å². The number of amides is 10. The number of aliphatic hydroxyl groups excluding tert-OH is 1. The maximum Gasteiger partial charge on any atom is 0.410 e. The minimum atomic E-state index is -3.57. The maximum absolute atomic E-state index is 14.8. The fourth-order valence-electron chi connectivity index (χ4n) is 11.9. The van der Waals surface area contributed by atoms with E-state index in [0.717, 1.165) is 17.8 Å². The Balaban J connectivity index is 1.20. The third kappa shape index (κ3) is 22.2. The molecule has 5 rings (SSSR count). The molecule has 9 N–H and O–H groups in total. The van der Waals surface area contributed by atoms with E-state index in [1.807, 2.05) is 32.0 Å². The SMILES string of the molecule is CC[C@H](C)[C@@H]([C@@H](CC(=O)N1CCC[C@H]1[C@H](OC)[C@@H](C)C(=O)N[C@H](C)[C@@H](O)c1ccccc1)OC)N(C)C(=O)[C@@H](NC(=O)[C@H](C(C)C)N(C)C(=O)OCc1ccc(NC(=O)[C@H](CCCNC(N)=O)NC(=O)[C@@H](NC(=O)c2ccc(-c3nsc(S(C)(=O)=O)n3)cc2)C(C)C)cc1)C(C)C. The smallest absolute Gasteiger partial charge is 0.410 e. The van der Waals surface area contributed by atoms with Crippen LogP contribution in [0.1, 0.15) is 135 Å². The normalized spacial score (nSPS) is 16.6. The Hall–Kier alpha value is -8.12. The summed E-state index contributed by atoms with van der Waals surface area (Å²) >= 11 is 0.731. The number of likely N-dealkylation sites (N-methyl/N-ethyl adjacent to an activating group) is 2. The van der Waals surface area contributed by atoms with Gasteiger partial charge in [-0.15, -0.1) is 0 Å². The molecule has 27 nitrogen and oxygen atoms in total. The number of carbonyl (C=O) groups excluding carboxylic acids is 9. The zero-order chi connectivity index (χ0) is 72.2. The van der Waals surface area contributed by atoms with E-state index in [1.165, 1.54) is 38.3 Å². The Labute approximate surface area is 573 Å². The summed E-state index contributed by atoms with van der Waals surface area (Å²) in [6.45, 7) is 18.2. The van der Waals surface area contributed by atoms with Crippen molar-refractivity contribution < 1.29 is 70.9 Å². The van der Waals surface area contributed by atoms with E-state index < -0.39 is 136 Å². The summed E-state index contributed by atoms with van der Waals surface area (Å²) < 4.78 is 45.6. The standard InChI is InChI=1S/C68H100N12O15S2/c1-16-41(8)56(51(93-13)36-52(81)80-35-21-25-50(80)58(94-14)42(9)60(83)71-43(10)57(82)45-22-18-17-19-23-45)78(11)65(88)54(39(4)5)75-64(87)55(40(6)7)79(12)68(90)95-37-44-26-32-48(33-27-44)72-62(85)49(24-20-34-70-66(69)89)73-63(86)53(38(2)3)74-61(84)47-30-28-46(29-31-47)59-76-67(96-77-59)97(15,91)92/h17-19,22-23,26-33,38-43,49-51,53-58,82H,16,20-21,24-25,34-37H2,1-15H3,(H,71,83)(H,72,85)(H,73,86)(H,74,84)(H,75,87)(H3,69,70,89)/t41-,42+,43+,49-,50-,51+,53-,54-,55-,56-,57+,58+/m0/s1. The van der Waals surface area contributed by atoms with Crippen molar-refractivity contribution >= 4 is 80.5 Å². The molecule has 97 heavy (non-hydrogen) atoms. The van der Waals surface area contributed by atoms with Crippen molar-refractivity contribution in [2.24, 2.45) is 35.3 Å². The van der Waals surface area contributed by atoms with E-state index in [-0.39, 0.29) is 65.9 Å². The highest BCUT2D eigenvalue weighted by atomic mass is 32.2. The monoisotopic (exact) mass is 1390 g/mol. The van der Waals surface area contributed by atoms with Crippen molar-refractivity contribution in [1.82, 2.24) is 50.6 Å². The van der Waals surface area contributed by atoms with Crippen LogP contribution in [-0.4, -0.2) is 193 Å². The molecule has 0 spiro atoms. The molecular formula is C68H100N12O15S2. The van der Waals surface area contributed by atoms with Gasteiger partial charge in [-0.05, 0) is 103 Å². The number of carbonyl (C=O) groups is 9. The molecular weight excluding hydrogens is 1290 g/mol. The van der Waals surface area contributed by atoms with Gasteiger partial charge in [-0.3, -0.25) is 38.5 Å². The van der Waals surface area contributed by atoms with E-state index in [2.05, 4.69) is 41.3 Å². The van der Waals surface area contributed by atoms with Crippen LogP contribution >= 0.6 is 11.5 Å². The molecule has 1 aromatic heterocycles. The second kappa shape index (κ2) is 37.0. The molecule has 0 bridgehead atoms. The number of sulfone groups is 1. The number of primary amides is 1. The molecule has 0 radical (unpaired) electrons. The van der Waals surface area contributed by atoms with Crippen LogP contribution in [0, 0.1) is 29.6 Å². The second-order valence-corrected chi connectivity index (χ2v) is 28.9. The largest absolute Gasteiger partial charge is 0.445 e. The summed E-state index contributed by atoms with van der Waals surface area (Å²) in [7, 11) is 2.50. The van der Waals surface area contributed by atoms with Crippen LogP contribution < -0.4 is 37.6 Å². The summed E-state index contributed by atoms with van der Waals surface area (Å²) in [4.78, 5) is 133. The van der Waals surface area contributed by atoms with Crippen LogP contribution in [0.15, 0.2) is 83.2 Å². The van der Waals surface area contributed by atoms with Crippen molar-refractivity contribution in [2.45, 2.75) is 179 Å². The van der Waals surface area contributed by atoms with Gasteiger partial charge in [-0.2, -0.15) is 4.37 Å². The number of aliphatic hydroxyl groups is 1. The van der Waals surface area contributed by atoms with Gasteiger partial charge in [0.1, 0.15) is 30.8 Å². The molecule has 534 valence electrons. The van der Waals surface area contributed by atoms with Crippen LogP contribution in [0.2, 0.25) is 0 Å². The number of nitrogens with zero attached hydrogens (tertiary/aromatic N) is 5. The van der Waals surface area contributed by atoms with Crippen molar-refractivity contribution in [1.29, 1.82) is 0 Å². The number of nitrogens with one attached hydrogen (secondary N) is 6. The van der Waals surface area contributed by atoms with Gasteiger partial charge in [0.05, 0.1) is 48.8 Å². The van der Waals surface area contributed by atoms with Crippen molar-refractivity contribution in [2.75, 3.05) is 53.0 Å². The summed E-state index contributed by atoms with van der Waals surface area (Å²) in [5.74, 6) is -5.51. The lowest BCUT2D eigenvalue weighted by Gasteiger charge is -2.41. The predicted molar refractivity (Wildman–Crippen MR) is 367 cm³/mol. The van der Waals surface area contributed by atoms with Crippen LogP contribution in [0.5, 0.6) is 0 Å². The molecule has 0 unspecified atom stereocenters. The first-order chi connectivity index (χ1) is 45.7. The maximum atomic E-state index is 14.8. The molecule has 3 aromatic carbocycles. The Bertz CT molecular complexity index is 3410. The second-order valence-electron chi connectivity index (χ2n) is 25.9. The van der Waals surface area contributed by atoms with E-state index in [9.17, 15) is 56.7 Å². The zero-order valence-corrected chi connectivity index (χ0v) is 60.0. The molecule has 2 heterocycles. The van der Waals surface area contributed by atoms with E-state index in [1.54, 1.807) is 121 Å². The number of benzene rings is 3. The summed E-state index contributed by atoms with van der Waals surface area (Å²) in [5.41, 5.74) is 7.40. The molecule has 0 saturated carbocycles. The number of methoxy groups -OCH3 is 2. The van der Waals surface area contributed by atoms with Crippen LogP contribution in [-0.2, 0) is 59.4 Å². The minimum absolute atomic E-state index is 0.0520. The number of ether oxygens (including phenoxy) is 3. The van der Waals surface area contributed by atoms with Gasteiger partial charge < -0.3 is 66.8 Å². The van der Waals surface area contributed by atoms with Crippen LogP contribution in [0.25, 0.3) is 11.4 Å². The van der Waals surface area contributed by atoms with Gasteiger partial charge in [-0.25, -0.2) is 23.0 Å². The van der Waals surface area contributed by atoms with Crippen LogP contribution in [0.4, 0.5) is 15.3 Å². The lowest BCUT2D eigenvalue weighted by molar-refractivity contribution is -0.148. The molecule has 29 heteroatoms. The van der Waals surface area contributed by atoms with Crippen LogP contribution in [0.3, 0.4) is 0 Å². The molecule has 12 atom stereocenters. The van der Waals surface area contributed by atoms with Gasteiger partial charge >= 0.3 is 12.1 Å². The number of anilines is 1. The van der Waals surface area contributed by atoms with Gasteiger partial charge in [0.25, 0.3) is 5.91 Å². The van der Waals surface area contributed by atoms with E-state index >= 15 is 0 Å². The average molecular weight is 1390 g/mol. The summed E-state index contributed by atoms with van der Waals surface area (Å²) in [6.07, 6.45) is -0.148. The average Bonchev–Trinajstić information content (AvgIpc) is 1.79. The molecule has 10 amide bonds. The molecule has 0 aliphatic carbocycles. The summed E-state index contributed by atoms with van der Waals surface area (Å²) in [5, 5.41) is 27.6. The first-order valence-corrected chi connectivity index (χ1v) is 35.4. The highest BCUT2D eigenvalue weighted by Gasteiger charge is 2.44. The first kappa shape index (κ1) is 79.6. The fraction of sp³-hybridized carbons (Fsp3) is 0.574. The van der Waals surface area contributed by atoms with Crippen molar-refractivity contribution in [3.63, 3.8) is 0 Å². The number of hydrogen-bond donors (Lipinski definition) is 8. The third-order valence-corrected chi connectivity index (χ3v) is 20.0. The number of aromatic nitrogens is 2. The van der Waals surface area contributed by atoms with Gasteiger partial charge in [-0.1, -0.05) is 123 Å². The molecule has 1 saturated heterocycles. The van der Waals surface area contributed by atoms with Crippen molar-refractivity contribution in [3.05, 3.63) is 95.6 Å². The fourth-order valence-corrected chi connectivity index (χ4v) is 13.3. The number of urea groups is 1. The highest BCUT2D eigenvalue weighted by Crippen LogP contribution is 2.31. The molecule has 1 aliphatic rings. The molecule has 4 aromatic rings. The predicted octanol–water partition coefficient (Wildman–Crippen LogP) is 5.83. The lowest BCUT2D eigenvalue weighted by atomic mass is 9.89. The van der Waals surface area contributed by atoms with Gasteiger partial charge in [0.2, 0.25) is 49.6 Å². The number of likely N-dealkylation sites (tertiary alicyclic amines) is 1. The third-order valence-electron chi connectivity index (χ3n) is 17.6. The number of hydrogen-bond acceptors (Lipinski definition) is 18. The highest BCUT2D eigenvalue weighted by molar-refractivity contribution is 7.92. The first-order valence-electron chi connectivity index (χ1n) is 32.8. The summed E-state index contributed by atoms with van der Waals surface area (Å²) in [6, 6.07) is 14.5. The Morgan fingerprint density at radius 3 is 1.96 bits per heavy atom. The lowest BCUT2D eigenvalue weighted by Crippen LogP contribution is -2.60. The minimum Gasteiger partial charge on any atom is -0.445 e. The Kier molecular flexibility index (Phi) is 30.4. The Morgan fingerprint density at radius 1 is 0.763 bits per heavy atom. The topological polar surface area (TPSA) is 369 Å². The van der Waals surface area contributed by atoms with Gasteiger partial charge in [0.15, 0.2) is 5.82 Å². The van der Waals surface area contributed by atoms with Gasteiger partial charge in [0, 0.05) is 64.5 Å². The zero-order valence-electron chi connectivity index (χ0n) is 58.3. The quantitative estimate of drug-likeness (QED) is 0.0251. The van der Waals surface area contributed by atoms with Crippen molar-refractivity contribution in [3.8, 4) is 11.4 Å². The number of nitrogens with two attached hydrogens (primary N) is 1. The number of rotatable bonds is 35. The molecule has 1 fully saturated rings.